The Bertz CT molecular complexity index is 511. The molecule has 1 atom stereocenters. The number of thiophene rings is 1. The lowest BCUT2D eigenvalue weighted by Crippen LogP contribution is -2.41. The molecule has 1 aliphatic carbocycles. The summed E-state index contributed by atoms with van der Waals surface area (Å²) >= 11 is 1.64. The van der Waals surface area contributed by atoms with E-state index in [2.05, 4.69) is 5.32 Å². The Labute approximate surface area is 135 Å². The van der Waals surface area contributed by atoms with Crippen molar-refractivity contribution in [2.45, 2.75) is 51.0 Å². The second-order valence-electron chi connectivity index (χ2n) is 6.48. The van der Waals surface area contributed by atoms with Crippen molar-refractivity contribution in [3.8, 4) is 0 Å². The molecule has 0 aromatic carbocycles. The van der Waals surface area contributed by atoms with Crippen LogP contribution in [0.1, 0.15) is 43.4 Å². The molecule has 2 fully saturated rings. The van der Waals surface area contributed by atoms with Gasteiger partial charge in [0, 0.05) is 30.4 Å². The zero-order valence-electron chi connectivity index (χ0n) is 12.9. The van der Waals surface area contributed by atoms with E-state index in [1.807, 2.05) is 22.4 Å². The highest BCUT2D eigenvalue weighted by molar-refractivity contribution is 7.10. The summed E-state index contributed by atoms with van der Waals surface area (Å²) < 4.78 is 0. The SMILES string of the molecule is O=C(CC[C@@H]1CCCN(C(=O)Cc2cccs2)C1)NC1CC1. The first-order chi connectivity index (χ1) is 10.7. The van der Waals surface area contributed by atoms with Gasteiger partial charge in [-0.1, -0.05) is 6.07 Å². The molecule has 4 nitrogen and oxygen atoms in total. The standard InChI is InChI=1S/C17H24N2O2S/c20-16(18-14-6-7-14)8-5-13-3-1-9-19(12-13)17(21)11-15-4-2-10-22-15/h2,4,10,13-14H,1,3,5-9,11-12H2,(H,18,20)/t13-/m0/s1. The molecule has 2 heterocycles. The Morgan fingerprint density at radius 1 is 1.32 bits per heavy atom. The van der Waals surface area contributed by atoms with Crippen LogP contribution in [-0.4, -0.2) is 35.8 Å². The van der Waals surface area contributed by atoms with Crippen LogP contribution in [0.4, 0.5) is 0 Å². The molecule has 0 spiro atoms. The van der Waals surface area contributed by atoms with Crippen LogP contribution in [-0.2, 0) is 16.0 Å². The van der Waals surface area contributed by atoms with Crippen LogP contribution >= 0.6 is 11.3 Å². The van der Waals surface area contributed by atoms with Crippen molar-refractivity contribution in [3.05, 3.63) is 22.4 Å². The largest absolute Gasteiger partial charge is 0.353 e. The second-order valence-corrected chi connectivity index (χ2v) is 7.52. The lowest BCUT2D eigenvalue weighted by molar-refractivity contribution is -0.132. The number of piperidine rings is 1. The van der Waals surface area contributed by atoms with E-state index < -0.39 is 0 Å². The average molecular weight is 320 g/mol. The average Bonchev–Trinajstić information content (AvgIpc) is 3.18. The number of carbonyl (C=O) groups excluding carboxylic acids is 2. The van der Waals surface area contributed by atoms with Gasteiger partial charge in [-0.15, -0.1) is 11.3 Å². The molecule has 0 radical (unpaired) electrons. The van der Waals surface area contributed by atoms with Crippen LogP contribution in [0.2, 0.25) is 0 Å². The number of rotatable bonds is 6. The Morgan fingerprint density at radius 3 is 2.91 bits per heavy atom. The summed E-state index contributed by atoms with van der Waals surface area (Å²) in [5, 5.41) is 5.05. The summed E-state index contributed by atoms with van der Waals surface area (Å²) in [4.78, 5) is 27.3. The topological polar surface area (TPSA) is 49.4 Å². The highest BCUT2D eigenvalue weighted by Crippen LogP contribution is 2.23. The van der Waals surface area contributed by atoms with Crippen molar-refractivity contribution in [2.75, 3.05) is 13.1 Å². The zero-order chi connectivity index (χ0) is 15.4. The van der Waals surface area contributed by atoms with E-state index in [1.54, 1.807) is 11.3 Å². The van der Waals surface area contributed by atoms with Gasteiger partial charge in [-0.25, -0.2) is 0 Å². The number of hydrogen-bond acceptors (Lipinski definition) is 3. The molecule has 2 aliphatic rings. The minimum Gasteiger partial charge on any atom is -0.353 e. The fourth-order valence-electron chi connectivity index (χ4n) is 3.06. The molecular formula is C17H24N2O2S. The van der Waals surface area contributed by atoms with Crippen LogP contribution in [0.25, 0.3) is 0 Å². The molecule has 2 amide bonds. The number of nitrogens with one attached hydrogen (secondary N) is 1. The van der Waals surface area contributed by atoms with Gasteiger partial charge in [0.25, 0.3) is 0 Å². The Kier molecular flexibility index (Phi) is 5.13. The maximum atomic E-state index is 12.4. The van der Waals surface area contributed by atoms with Crippen LogP contribution in [0.3, 0.4) is 0 Å². The van der Waals surface area contributed by atoms with Gasteiger partial charge < -0.3 is 10.2 Å². The summed E-state index contributed by atoms with van der Waals surface area (Å²) in [5.41, 5.74) is 0. The molecular weight excluding hydrogens is 296 g/mol. The molecule has 0 bridgehead atoms. The first-order valence-electron chi connectivity index (χ1n) is 8.30. The Hall–Kier alpha value is -1.36. The van der Waals surface area contributed by atoms with Gasteiger partial charge in [-0.2, -0.15) is 0 Å². The minimum absolute atomic E-state index is 0.185. The molecule has 120 valence electrons. The highest BCUT2D eigenvalue weighted by Gasteiger charge is 2.26. The molecule has 22 heavy (non-hydrogen) atoms. The van der Waals surface area contributed by atoms with E-state index in [0.717, 1.165) is 50.1 Å². The molecule has 1 aliphatic heterocycles. The summed E-state index contributed by atoms with van der Waals surface area (Å²) in [6.07, 6.45) is 6.51. The number of carbonyl (C=O) groups is 2. The third-order valence-corrected chi connectivity index (χ3v) is 5.38. The van der Waals surface area contributed by atoms with Crippen LogP contribution in [0.5, 0.6) is 0 Å². The van der Waals surface area contributed by atoms with Gasteiger partial charge in [0.05, 0.1) is 6.42 Å². The van der Waals surface area contributed by atoms with Crippen molar-refractivity contribution < 1.29 is 9.59 Å². The molecule has 1 saturated carbocycles. The third-order valence-electron chi connectivity index (χ3n) is 4.50. The summed E-state index contributed by atoms with van der Waals surface area (Å²) in [7, 11) is 0. The lowest BCUT2D eigenvalue weighted by Gasteiger charge is -2.32. The van der Waals surface area contributed by atoms with Crippen LogP contribution in [0, 0.1) is 5.92 Å². The molecule has 3 rings (SSSR count). The second kappa shape index (κ2) is 7.27. The van der Waals surface area contributed by atoms with E-state index >= 15 is 0 Å². The van der Waals surface area contributed by atoms with Crippen molar-refractivity contribution in [2.24, 2.45) is 5.92 Å². The minimum atomic E-state index is 0.185. The van der Waals surface area contributed by atoms with E-state index in [4.69, 9.17) is 0 Å². The summed E-state index contributed by atoms with van der Waals surface area (Å²) in [6.45, 7) is 1.69. The molecule has 1 N–H and O–H groups in total. The first kappa shape index (κ1) is 15.5. The van der Waals surface area contributed by atoms with Gasteiger partial charge in [0.1, 0.15) is 0 Å². The number of amides is 2. The molecule has 1 saturated heterocycles. The van der Waals surface area contributed by atoms with Crippen molar-refractivity contribution in [3.63, 3.8) is 0 Å². The number of nitrogens with zero attached hydrogens (tertiary/aromatic N) is 1. The van der Waals surface area contributed by atoms with Crippen LogP contribution in [0.15, 0.2) is 17.5 Å². The molecule has 0 unspecified atom stereocenters. The highest BCUT2D eigenvalue weighted by atomic mass is 32.1. The number of hydrogen-bond donors (Lipinski definition) is 1. The van der Waals surface area contributed by atoms with Gasteiger partial charge >= 0.3 is 0 Å². The summed E-state index contributed by atoms with van der Waals surface area (Å²) in [6, 6.07) is 4.46. The molecule has 1 aromatic rings. The maximum absolute atomic E-state index is 12.4. The van der Waals surface area contributed by atoms with E-state index in [0.29, 0.717) is 24.8 Å². The lowest BCUT2D eigenvalue weighted by atomic mass is 9.93. The van der Waals surface area contributed by atoms with Crippen molar-refractivity contribution >= 4 is 23.2 Å². The third kappa shape index (κ3) is 4.57. The van der Waals surface area contributed by atoms with Crippen molar-refractivity contribution in [1.29, 1.82) is 0 Å². The Balaban J connectivity index is 1.42. The smallest absolute Gasteiger partial charge is 0.227 e. The quantitative estimate of drug-likeness (QED) is 0.876. The Morgan fingerprint density at radius 2 is 2.18 bits per heavy atom. The van der Waals surface area contributed by atoms with Crippen LogP contribution < -0.4 is 5.32 Å². The van der Waals surface area contributed by atoms with Gasteiger partial charge in [-0.05, 0) is 49.5 Å². The number of likely N-dealkylation sites (tertiary alicyclic amines) is 1. The van der Waals surface area contributed by atoms with E-state index in [1.165, 1.54) is 0 Å². The first-order valence-corrected chi connectivity index (χ1v) is 9.18. The van der Waals surface area contributed by atoms with Gasteiger partial charge in [0.15, 0.2) is 0 Å². The fourth-order valence-corrected chi connectivity index (χ4v) is 3.76. The fraction of sp³-hybridized carbons (Fsp3) is 0.647. The molecule has 5 heteroatoms. The van der Waals surface area contributed by atoms with E-state index in [-0.39, 0.29) is 11.8 Å². The monoisotopic (exact) mass is 320 g/mol. The predicted molar refractivity (Wildman–Crippen MR) is 87.7 cm³/mol. The predicted octanol–water partition coefficient (Wildman–Crippen LogP) is 2.59. The summed E-state index contributed by atoms with van der Waals surface area (Å²) in [5.74, 6) is 0.894. The van der Waals surface area contributed by atoms with Crippen molar-refractivity contribution in [1.82, 2.24) is 10.2 Å². The van der Waals surface area contributed by atoms with E-state index in [9.17, 15) is 9.59 Å². The van der Waals surface area contributed by atoms with Gasteiger partial charge in [-0.3, -0.25) is 9.59 Å². The molecule has 1 aromatic heterocycles. The zero-order valence-corrected chi connectivity index (χ0v) is 13.7. The van der Waals surface area contributed by atoms with Gasteiger partial charge in [0.2, 0.25) is 11.8 Å². The normalized spacial score (nSPS) is 21.6. The maximum Gasteiger partial charge on any atom is 0.227 e.